The van der Waals surface area contributed by atoms with Gasteiger partial charge in [0.25, 0.3) is 0 Å². The summed E-state index contributed by atoms with van der Waals surface area (Å²) in [6, 6.07) is 1.46. The van der Waals surface area contributed by atoms with E-state index in [9.17, 15) is 0 Å². The molecule has 0 aromatic heterocycles. The second-order valence-electron chi connectivity index (χ2n) is 5.99. The Kier molecular flexibility index (Phi) is 32.2. The number of rotatable bonds is 12. The smallest absolute Gasteiger partial charge is 0.00278 e. The number of hydrogen-bond donors (Lipinski definition) is 0. The first-order chi connectivity index (χ1) is 9.18. The molecule has 0 atom stereocenters. The van der Waals surface area contributed by atoms with Crippen molar-refractivity contribution in [1.29, 1.82) is 0 Å². The van der Waals surface area contributed by atoms with E-state index in [0.29, 0.717) is 0 Å². The molecule has 0 aliphatic heterocycles. The number of halogens is 1. The minimum Gasteiger partial charge on any atom is -0.309 e. The summed E-state index contributed by atoms with van der Waals surface area (Å²) in [5.41, 5.74) is 0. The Bertz CT molecular complexity index is 141. The van der Waals surface area contributed by atoms with Crippen LogP contribution in [0.25, 0.3) is 0 Å². The van der Waals surface area contributed by atoms with Crippen molar-refractivity contribution in [3.8, 4) is 0 Å². The second-order valence-corrected chi connectivity index (χ2v) is 6.99. The van der Waals surface area contributed by atoms with E-state index in [2.05, 4.69) is 32.8 Å². The van der Waals surface area contributed by atoms with E-state index >= 15 is 0 Å². The van der Waals surface area contributed by atoms with Crippen molar-refractivity contribution < 1.29 is 0 Å². The average Bonchev–Trinajstić information content (AvgIpc) is 2.41. The lowest BCUT2D eigenvalue weighted by molar-refractivity contribution is 0.389. The second kappa shape index (κ2) is 24.9. The highest BCUT2D eigenvalue weighted by Crippen LogP contribution is 2.10. The maximum absolute atomic E-state index is 2.28. The zero-order chi connectivity index (χ0) is 14.8. The van der Waals surface area contributed by atoms with E-state index in [1.807, 2.05) is 0 Å². The van der Waals surface area contributed by atoms with Gasteiger partial charge in [0, 0.05) is 10.2 Å². The third kappa shape index (κ3) is 31.3. The van der Waals surface area contributed by atoms with Crippen molar-refractivity contribution in [3.63, 3.8) is 0 Å². The molecule has 0 amide bonds. The van der Waals surface area contributed by atoms with Crippen molar-refractivity contribution >= 4 is 34.2 Å². The van der Waals surface area contributed by atoms with E-state index in [4.69, 9.17) is 0 Å². The van der Waals surface area contributed by atoms with Gasteiger partial charge in [-0.1, -0.05) is 84.1 Å². The Morgan fingerprint density at radius 1 is 0.650 bits per heavy atom. The Balaban J connectivity index is -0.000000508. The number of unbranched alkanes of at least 4 members (excludes halogenated alkanes) is 9. The van der Waals surface area contributed by atoms with E-state index < -0.39 is 0 Å². The molecule has 1 nitrogen and oxygen atoms in total. The van der Waals surface area contributed by atoms with Crippen LogP contribution in [0.1, 0.15) is 84.5 Å². The quantitative estimate of drug-likeness (QED) is 0.239. The Hall–Kier alpha value is 0.907. The van der Waals surface area contributed by atoms with Gasteiger partial charge in [-0.25, -0.2) is 0 Å². The van der Waals surface area contributed by atoms with Gasteiger partial charge in [0.1, 0.15) is 0 Å². The zero-order valence-corrected chi connectivity index (χ0v) is 19.4. The van der Waals surface area contributed by atoms with Crippen LogP contribution in [-0.2, 0) is 0 Å². The highest BCUT2D eigenvalue weighted by atomic mass is 127. The third-order valence-corrected chi connectivity index (χ3v) is 4.46. The molecule has 0 heterocycles. The van der Waals surface area contributed by atoms with Crippen molar-refractivity contribution in [3.05, 3.63) is 0 Å². The molecule has 20 heavy (non-hydrogen) atoms. The van der Waals surface area contributed by atoms with Crippen molar-refractivity contribution in [2.75, 3.05) is 20.6 Å². The molecule has 0 radical (unpaired) electrons. The van der Waals surface area contributed by atoms with Gasteiger partial charge in [0.15, 0.2) is 0 Å². The largest absolute Gasteiger partial charge is 0.309 e. The molecular formula is C17H42INSi. The normalized spacial score (nSPS) is 10.1. The summed E-state index contributed by atoms with van der Waals surface area (Å²) in [7, 11) is 5.71. The van der Waals surface area contributed by atoms with Crippen LogP contribution in [0.4, 0.5) is 0 Å². The highest BCUT2D eigenvalue weighted by molar-refractivity contribution is 14.0. The molecule has 0 bridgehead atoms. The molecule has 0 unspecified atom stereocenters. The molecule has 3 heteroatoms. The first-order valence-electron chi connectivity index (χ1n) is 8.83. The van der Waals surface area contributed by atoms with Crippen LogP contribution in [0.3, 0.4) is 0 Å². The monoisotopic (exact) mass is 415 g/mol. The number of nitrogens with zero attached hydrogens (tertiary/aromatic N) is 1. The van der Waals surface area contributed by atoms with Gasteiger partial charge in [-0.2, -0.15) is 0 Å². The first kappa shape index (κ1) is 25.8. The fourth-order valence-corrected chi connectivity index (χ4v) is 1.92. The van der Waals surface area contributed by atoms with Crippen LogP contribution in [0, 0.1) is 0 Å². The fourth-order valence-electron chi connectivity index (χ4n) is 1.92. The molecule has 0 fully saturated rings. The van der Waals surface area contributed by atoms with E-state index in [0.717, 1.165) is 0 Å². The van der Waals surface area contributed by atoms with Crippen LogP contribution in [0.2, 0.25) is 6.04 Å². The van der Waals surface area contributed by atoms with Crippen LogP contribution in [0.5, 0.6) is 0 Å². The predicted octanol–water partition coefficient (Wildman–Crippen LogP) is 5.27. The van der Waals surface area contributed by atoms with Gasteiger partial charge in [-0.15, -0.1) is 24.0 Å². The summed E-state index contributed by atoms with van der Waals surface area (Å²) >= 11 is 0. The molecule has 0 aliphatic rings. The van der Waals surface area contributed by atoms with Crippen molar-refractivity contribution in [1.82, 2.24) is 4.90 Å². The van der Waals surface area contributed by atoms with Gasteiger partial charge in [0.05, 0.1) is 0 Å². The van der Waals surface area contributed by atoms with Crippen molar-refractivity contribution in [2.24, 2.45) is 0 Å². The topological polar surface area (TPSA) is 3.24 Å². The summed E-state index contributed by atoms with van der Waals surface area (Å²) < 4.78 is 0. The molecule has 0 aromatic carbocycles. The lowest BCUT2D eigenvalue weighted by Crippen LogP contribution is -2.12. The van der Waals surface area contributed by atoms with Gasteiger partial charge < -0.3 is 4.90 Å². The molecule has 0 N–H and O–H groups in total. The first-order valence-corrected chi connectivity index (χ1v) is 10.2. The molecule has 126 valence electrons. The van der Waals surface area contributed by atoms with Crippen LogP contribution < -0.4 is 0 Å². The van der Waals surface area contributed by atoms with Crippen molar-refractivity contribution in [2.45, 2.75) is 90.5 Å². The molecule has 0 saturated heterocycles. The summed E-state index contributed by atoms with van der Waals surface area (Å²) in [5.74, 6) is 0. The van der Waals surface area contributed by atoms with Crippen LogP contribution in [0.15, 0.2) is 0 Å². The van der Waals surface area contributed by atoms with E-state index in [1.165, 1.54) is 93.5 Å². The maximum atomic E-state index is 2.28. The summed E-state index contributed by atoms with van der Waals surface area (Å²) in [6.45, 7) is 5.76. The molecule has 0 aliphatic carbocycles. The van der Waals surface area contributed by atoms with Crippen LogP contribution >= 0.6 is 24.0 Å². The Labute approximate surface area is 150 Å². The Morgan fingerprint density at radius 2 is 1.00 bits per heavy atom. The van der Waals surface area contributed by atoms with E-state index in [-0.39, 0.29) is 24.0 Å². The highest BCUT2D eigenvalue weighted by Gasteiger charge is 1.93. The number of hydrogen-bond acceptors (Lipinski definition) is 1. The zero-order valence-electron chi connectivity index (χ0n) is 15.0. The fraction of sp³-hybridized carbons (Fsp3) is 1.00. The lowest BCUT2D eigenvalue weighted by Gasteiger charge is -2.08. The predicted molar refractivity (Wildman–Crippen MR) is 111 cm³/mol. The average molecular weight is 416 g/mol. The lowest BCUT2D eigenvalue weighted by atomic mass is 10.1. The van der Waals surface area contributed by atoms with Gasteiger partial charge >= 0.3 is 0 Å². The molecule has 0 aromatic rings. The SMILES string of the molecule is CCCCCCCCCCCCN(C)C.CCC[SiH3].I. The van der Waals surface area contributed by atoms with E-state index in [1.54, 1.807) is 0 Å². The summed E-state index contributed by atoms with van der Waals surface area (Å²) in [6.07, 6.45) is 15.7. The minimum absolute atomic E-state index is 0. The minimum atomic E-state index is 0. The molecular weight excluding hydrogens is 373 g/mol. The van der Waals surface area contributed by atoms with Gasteiger partial charge in [0.2, 0.25) is 0 Å². The Morgan fingerprint density at radius 3 is 1.30 bits per heavy atom. The standard InChI is InChI=1S/C14H31N.C3H10Si.HI/c1-4-5-6-7-8-9-10-11-12-13-14-15(2)3;1-2-3-4;/h4-14H2,1-3H3;2-3H2,1,4H3;1H. The molecule has 0 saturated carbocycles. The molecule has 0 spiro atoms. The van der Waals surface area contributed by atoms with Crippen LogP contribution in [-0.4, -0.2) is 35.8 Å². The van der Waals surface area contributed by atoms with Gasteiger partial charge in [-0.3, -0.25) is 0 Å². The third-order valence-electron chi connectivity index (χ3n) is 3.46. The summed E-state index contributed by atoms with van der Waals surface area (Å²) in [4.78, 5) is 2.28. The van der Waals surface area contributed by atoms with Gasteiger partial charge in [-0.05, 0) is 27.1 Å². The maximum Gasteiger partial charge on any atom is 0.00278 e. The molecule has 0 rings (SSSR count). The summed E-state index contributed by atoms with van der Waals surface area (Å²) in [5, 5.41) is 0.